The Hall–Kier alpha value is -3.41. The predicted octanol–water partition coefficient (Wildman–Crippen LogP) is 4.33. The minimum absolute atomic E-state index is 0.0260. The van der Waals surface area contributed by atoms with Gasteiger partial charge in [0.25, 0.3) is 5.91 Å². The molecule has 0 saturated carbocycles. The highest BCUT2D eigenvalue weighted by atomic mass is 16.5. The van der Waals surface area contributed by atoms with Gasteiger partial charge in [0, 0.05) is 37.6 Å². The number of likely N-dealkylation sites (tertiary alicyclic amines) is 2. The van der Waals surface area contributed by atoms with Crippen molar-refractivity contribution in [2.24, 2.45) is 5.92 Å². The zero-order chi connectivity index (χ0) is 23.3. The Morgan fingerprint density at radius 2 is 1.82 bits per heavy atom. The molecule has 3 heterocycles. The van der Waals surface area contributed by atoms with Crippen LogP contribution in [0.5, 0.6) is 5.75 Å². The fourth-order valence-corrected chi connectivity index (χ4v) is 5.13. The second-order valence-electron chi connectivity index (χ2n) is 9.26. The molecule has 0 radical (unpaired) electrons. The smallest absolute Gasteiger partial charge is 0.257 e. The molecule has 2 aliphatic heterocycles. The Labute approximate surface area is 200 Å². The average Bonchev–Trinajstić information content (AvgIpc) is 3.29. The first-order valence-corrected chi connectivity index (χ1v) is 12.3. The SMILES string of the molecule is O=C1CCCN1CCOc1ccccc1C(=O)N1CCC(Cc2cccc3cccnc23)CC1. The number of hydrogen-bond donors (Lipinski definition) is 0. The van der Waals surface area contributed by atoms with E-state index in [-0.39, 0.29) is 11.8 Å². The van der Waals surface area contributed by atoms with Crippen molar-refractivity contribution in [2.45, 2.75) is 32.1 Å². The van der Waals surface area contributed by atoms with Gasteiger partial charge in [-0.3, -0.25) is 14.6 Å². The van der Waals surface area contributed by atoms with E-state index in [0.717, 1.165) is 50.8 Å². The van der Waals surface area contributed by atoms with Gasteiger partial charge in [0.2, 0.25) is 5.91 Å². The highest BCUT2D eigenvalue weighted by Gasteiger charge is 2.26. The molecule has 2 amide bonds. The van der Waals surface area contributed by atoms with Crippen molar-refractivity contribution in [1.82, 2.24) is 14.8 Å². The van der Waals surface area contributed by atoms with E-state index in [2.05, 4.69) is 29.2 Å². The van der Waals surface area contributed by atoms with Gasteiger partial charge >= 0.3 is 0 Å². The molecule has 0 bridgehead atoms. The molecule has 0 spiro atoms. The largest absolute Gasteiger partial charge is 0.491 e. The van der Waals surface area contributed by atoms with Gasteiger partial charge in [-0.05, 0) is 55.4 Å². The molecule has 0 unspecified atom stereocenters. The van der Waals surface area contributed by atoms with Crippen LogP contribution in [0.4, 0.5) is 0 Å². The van der Waals surface area contributed by atoms with Crippen LogP contribution >= 0.6 is 0 Å². The lowest BCUT2D eigenvalue weighted by atomic mass is 9.89. The molecule has 6 nitrogen and oxygen atoms in total. The van der Waals surface area contributed by atoms with Crippen molar-refractivity contribution in [2.75, 3.05) is 32.8 Å². The van der Waals surface area contributed by atoms with Crippen LogP contribution in [0.1, 0.15) is 41.6 Å². The summed E-state index contributed by atoms with van der Waals surface area (Å²) in [6.07, 6.45) is 6.36. The van der Waals surface area contributed by atoms with Crippen LogP contribution in [0.25, 0.3) is 10.9 Å². The number of piperidine rings is 1. The van der Waals surface area contributed by atoms with Crippen LogP contribution in [0.3, 0.4) is 0 Å². The summed E-state index contributed by atoms with van der Waals surface area (Å²) in [6.45, 7) is 3.26. The Balaban J connectivity index is 1.18. The van der Waals surface area contributed by atoms with Gasteiger partial charge in [0.15, 0.2) is 0 Å². The standard InChI is InChI=1S/C28H31N3O3/c32-26-11-5-15-30(26)18-19-34-25-10-2-1-9-24(25)28(33)31-16-12-21(13-17-31)20-23-7-3-6-22-8-4-14-29-27(22)23/h1-4,6-10,14,21H,5,11-13,15-20H2. The third kappa shape index (κ3) is 4.91. The van der Waals surface area contributed by atoms with Crippen molar-refractivity contribution < 1.29 is 14.3 Å². The van der Waals surface area contributed by atoms with Crippen molar-refractivity contribution in [1.29, 1.82) is 0 Å². The number of benzene rings is 2. The molecule has 1 aromatic heterocycles. The van der Waals surface area contributed by atoms with E-state index < -0.39 is 0 Å². The number of carbonyl (C=O) groups is 2. The van der Waals surface area contributed by atoms with Gasteiger partial charge in [0.1, 0.15) is 12.4 Å². The maximum Gasteiger partial charge on any atom is 0.257 e. The van der Waals surface area contributed by atoms with E-state index in [0.29, 0.717) is 36.8 Å². The van der Waals surface area contributed by atoms with Crippen molar-refractivity contribution in [3.05, 3.63) is 71.9 Å². The molecule has 2 aromatic carbocycles. The number of pyridine rings is 1. The first-order chi connectivity index (χ1) is 16.7. The third-order valence-corrected chi connectivity index (χ3v) is 7.03. The Kier molecular flexibility index (Phi) is 6.74. The molecule has 0 aliphatic carbocycles. The molecule has 176 valence electrons. The lowest BCUT2D eigenvalue weighted by Gasteiger charge is -2.32. The lowest BCUT2D eigenvalue weighted by Crippen LogP contribution is -2.39. The second kappa shape index (κ2) is 10.2. The molecule has 3 aromatic rings. The van der Waals surface area contributed by atoms with Crippen LogP contribution in [-0.2, 0) is 11.2 Å². The summed E-state index contributed by atoms with van der Waals surface area (Å²) >= 11 is 0. The molecule has 2 saturated heterocycles. The molecule has 5 rings (SSSR count). The fraction of sp³-hybridized carbons (Fsp3) is 0.393. The van der Waals surface area contributed by atoms with Gasteiger partial charge in [-0.2, -0.15) is 0 Å². The monoisotopic (exact) mass is 457 g/mol. The van der Waals surface area contributed by atoms with Gasteiger partial charge < -0.3 is 14.5 Å². The minimum Gasteiger partial charge on any atom is -0.491 e. The summed E-state index contributed by atoms with van der Waals surface area (Å²) in [4.78, 5) is 33.5. The highest BCUT2D eigenvalue weighted by molar-refractivity contribution is 5.97. The zero-order valence-corrected chi connectivity index (χ0v) is 19.5. The summed E-state index contributed by atoms with van der Waals surface area (Å²) in [5.74, 6) is 1.36. The molecule has 6 heteroatoms. The van der Waals surface area contributed by atoms with Crippen molar-refractivity contribution in [3.63, 3.8) is 0 Å². The molecule has 0 N–H and O–H groups in total. The number of hydrogen-bond acceptors (Lipinski definition) is 4. The quantitative estimate of drug-likeness (QED) is 0.530. The average molecular weight is 458 g/mol. The van der Waals surface area contributed by atoms with E-state index in [4.69, 9.17) is 4.74 Å². The predicted molar refractivity (Wildman–Crippen MR) is 132 cm³/mol. The van der Waals surface area contributed by atoms with E-state index in [9.17, 15) is 9.59 Å². The first-order valence-electron chi connectivity index (χ1n) is 12.3. The summed E-state index contributed by atoms with van der Waals surface area (Å²) in [6, 6.07) is 17.9. The Bertz CT molecular complexity index is 1170. The zero-order valence-electron chi connectivity index (χ0n) is 19.5. The number of aromatic nitrogens is 1. The fourth-order valence-electron chi connectivity index (χ4n) is 5.13. The lowest BCUT2D eigenvalue weighted by molar-refractivity contribution is -0.128. The second-order valence-corrected chi connectivity index (χ2v) is 9.26. The molecule has 34 heavy (non-hydrogen) atoms. The molecule has 2 aliphatic rings. The summed E-state index contributed by atoms with van der Waals surface area (Å²) in [7, 11) is 0. The maximum absolute atomic E-state index is 13.3. The number of nitrogens with zero attached hydrogens (tertiary/aromatic N) is 3. The van der Waals surface area contributed by atoms with E-state index in [1.807, 2.05) is 46.3 Å². The molecule has 0 atom stereocenters. The van der Waals surface area contributed by atoms with E-state index in [1.54, 1.807) is 0 Å². The van der Waals surface area contributed by atoms with Crippen LogP contribution in [0.15, 0.2) is 60.8 Å². The Morgan fingerprint density at radius 1 is 1.00 bits per heavy atom. The van der Waals surface area contributed by atoms with Crippen molar-refractivity contribution >= 4 is 22.7 Å². The van der Waals surface area contributed by atoms with E-state index >= 15 is 0 Å². The number of para-hydroxylation sites is 2. The van der Waals surface area contributed by atoms with Gasteiger partial charge in [0.05, 0.1) is 17.6 Å². The summed E-state index contributed by atoms with van der Waals surface area (Å²) in [5, 5.41) is 1.18. The third-order valence-electron chi connectivity index (χ3n) is 7.03. The minimum atomic E-state index is 0.0260. The first kappa shape index (κ1) is 22.4. The summed E-state index contributed by atoms with van der Waals surface area (Å²) in [5.41, 5.74) is 2.98. The van der Waals surface area contributed by atoms with Crippen LogP contribution in [0.2, 0.25) is 0 Å². The normalized spacial score (nSPS) is 16.9. The Morgan fingerprint density at radius 3 is 2.65 bits per heavy atom. The molecular weight excluding hydrogens is 426 g/mol. The number of fused-ring (bicyclic) bond motifs is 1. The number of amides is 2. The van der Waals surface area contributed by atoms with E-state index in [1.165, 1.54) is 10.9 Å². The molecule has 2 fully saturated rings. The van der Waals surface area contributed by atoms with Gasteiger partial charge in [-0.15, -0.1) is 0 Å². The van der Waals surface area contributed by atoms with Crippen LogP contribution in [0, 0.1) is 5.92 Å². The van der Waals surface area contributed by atoms with Crippen LogP contribution < -0.4 is 4.74 Å². The maximum atomic E-state index is 13.3. The summed E-state index contributed by atoms with van der Waals surface area (Å²) < 4.78 is 5.95. The van der Waals surface area contributed by atoms with Gasteiger partial charge in [-0.1, -0.05) is 36.4 Å². The van der Waals surface area contributed by atoms with Crippen molar-refractivity contribution in [3.8, 4) is 5.75 Å². The highest BCUT2D eigenvalue weighted by Crippen LogP contribution is 2.27. The number of carbonyl (C=O) groups excluding carboxylic acids is 2. The molecular formula is C28H31N3O3. The van der Waals surface area contributed by atoms with Gasteiger partial charge in [-0.25, -0.2) is 0 Å². The topological polar surface area (TPSA) is 62.7 Å². The van der Waals surface area contributed by atoms with Crippen LogP contribution in [-0.4, -0.2) is 59.4 Å². The number of ether oxygens (including phenoxy) is 1. The number of rotatable bonds is 7.